The Morgan fingerprint density at radius 2 is 1.88 bits per heavy atom. The van der Waals surface area contributed by atoms with E-state index in [0.29, 0.717) is 25.6 Å². The number of piperidine rings is 1. The summed E-state index contributed by atoms with van der Waals surface area (Å²) < 4.78 is 0. The Bertz CT molecular complexity index is 518. The number of amides is 3. The molecule has 0 radical (unpaired) electrons. The van der Waals surface area contributed by atoms with E-state index in [9.17, 15) is 14.4 Å². The van der Waals surface area contributed by atoms with Gasteiger partial charge in [0, 0.05) is 33.1 Å². The van der Waals surface area contributed by atoms with Gasteiger partial charge in [0.05, 0.1) is 6.04 Å². The summed E-state index contributed by atoms with van der Waals surface area (Å²) in [6.07, 6.45) is 5.62. The van der Waals surface area contributed by atoms with Gasteiger partial charge in [-0.1, -0.05) is 0 Å². The second kappa shape index (κ2) is 8.17. The van der Waals surface area contributed by atoms with Gasteiger partial charge in [-0.3, -0.25) is 14.4 Å². The van der Waals surface area contributed by atoms with Gasteiger partial charge in [-0.05, 0) is 51.0 Å². The van der Waals surface area contributed by atoms with Crippen LogP contribution in [0.2, 0.25) is 0 Å². The molecule has 3 fully saturated rings. The Balaban J connectivity index is 1.49. The molecule has 0 aromatic rings. The molecule has 3 aliphatic heterocycles. The van der Waals surface area contributed by atoms with Gasteiger partial charge in [-0.25, -0.2) is 0 Å². The topological polar surface area (TPSA) is 81.8 Å². The van der Waals surface area contributed by atoms with E-state index in [-0.39, 0.29) is 29.8 Å². The van der Waals surface area contributed by atoms with Gasteiger partial charge in [0.1, 0.15) is 6.04 Å². The summed E-state index contributed by atoms with van der Waals surface area (Å²) in [5.41, 5.74) is 0. The van der Waals surface area contributed by atoms with Gasteiger partial charge < -0.3 is 20.4 Å². The van der Waals surface area contributed by atoms with E-state index < -0.39 is 0 Å². The number of likely N-dealkylation sites (tertiary alicyclic amines) is 2. The molecule has 3 heterocycles. The van der Waals surface area contributed by atoms with Crippen LogP contribution in [0.3, 0.4) is 0 Å². The summed E-state index contributed by atoms with van der Waals surface area (Å²) in [4.78, 5) is 40.3. The Morgan fingerprint density at radius 3 is 2.60 bits per heavy atom. The molecular formula is C18H30N4O3. The molecule has 0 spiro atoms. The molecule has 0 saturated carbocycles. The lowest BCUT2D eigenvalue weighted by Gasteiger charge is -2.36. The second-order valence-corrected chi connectivity index (χ2v) is 7.56. The van der Waals surface area contributed by atoms with Crippen LogP contribution < -0.4 is 10.6 Å². The maximum Gasteiger partial charge on any atom is 0.245 e. The van der Waals surface area contributed by atoms with Crippen LogP contribution in [0.1, 0.15) is 45.4 Å². The Hall–Kier alpha value is -1.63. The van der Waals surface area contributed by atoms with Crippen molar-refractivity contribution in [1.82, 2.24) is 20.4 Å². The van der Waals surface area contributed by atoms with Gasteiger partial charge in [0.25, 0.3) is 0 Å². The van der Waals surface area contributed by atoms with Crippen LogP contribution in [-0.2, 0) is 14.4 Å². The first-order valence-electron chi connectivity index (χ1n) is 9.63. The average Bonchev–Trinajstić information content (AvgIpc) is 3.30. The van der Waals surface area contributed by atoms with Gasteiger partial charge in [-0.15, -0.1) is 0 Å². The van der Waals surface area contributed by atoms with E-state index in [1.807, 2.05) is 4.90 Å². The van der Waals surface area contributed by atoms with Crippen LogP contribution in [0.25, 0.3) is 0 Å². The smallest absolute Gasteiger partial charge is 0.245 e. The molecule has 140 valence electrons. The SMILES string of the molecule is CC(=O)N1CCCC1C(=O)N1CCCC(CNC(=O)C2CCCN2)C1. The minimum absolute atomic E-state index is 0.0132. The third-order valence-electron chi connectivity index (χ3n) is 5.71. The molecule has 0 aromatic heterocycles. The fourth-order valence-electron chi connectivity index (χ4n) is 4.32. The molecule has 3 aliphatic rings. The Morgan fingerprint density at radius 1 is 1.08 bits per heavy atom. The van der Waals surface area contributed by atoms with E-state index in [2.05, 4.69) is 10.6 Å². The summed E-state index contributed by atoms with van der Waals surface area (Å²) in [7, 11) is 0. The number of nitrogens with zero attached hydrogens (tertiary/aromatic N) is 2. The first-order valence-corrected chi connectivity index (χ1v) is 9.63. The van der Waals surface area contributed by atoms with E-state index in [0.717, 1.165) is 51.6 Å². The van der Waals surface area contributed by atoms with Gasteiger partial charge >= 0.3 is 0 Å². The quantitative estimate of drug-likeness (QED) is 0.754. The van der Waals surface area contributed by atoms with E-state index in [1.165, 1.54) is 6.92 Å². The number of hydrogen-bond donors (Lipinski definition) is 2. The van der Waals surface area contributed by atoms with Gasteiger partial charge in [-0.2, -0.15) is 0 Å². The Labute approximate surface area is 149 Å². The normalized spacial score (nSPS) is 29.7. The van der Waals surface area contributed by atoms with Crippen LogP contribution >= 0.6 is 0 Å². The highest BCUT2D eigenvalue weighted by Gasteiger charge is 2.36. The number of hydrogen-bond acceptors (Lipinski definition) is 4. The molecule has 2 N–H and O–H groups in total. The molecule has 3 saturated heterocycles. The zero-order valence-electron chi connectivity index (χ0n) is 15.1. The van der Waals surface area contributed by atoms with Crippen molar-refractivity contribution in [1.29, 1.82) is 0 Å². The van der Waals surface area contributed by atoms with Crippen molar-refractivity contribution in [3.8, 4) is 0 Å². The second-order valence-electron chi connectivity index (χ2n) is 7.56. The summed E-state index contributed by atoms with van der Waals surface area (Å²) in [5, 5.41) is 6.26. The minimum atomic E-state index is -0.284. The van der Waals surface area contributed by atoms with Crippen molar-refractivity contribution in [2.75, 3.05) is 32.7 Å². The molecule has 7 heteroatoms. The molecule has 3 atom stereocenters. The Kier molecular flexibility index (Phi) is 5.93. The lowest BCUT2D eigenvalue weighted by Crippen LogP contribution is -2.51. The maximum absolute atomic E-state index is 12.8. The van der Waals surface area contributed by atoms with Crippen LogP contribution in [-0.4, -0.2) is 72.3 Å². The van der Waals surface area contributed by atoms with Crippen molar-refractivity contribution in [3.05, 3.63) is 0 Å². The van der Waals surface area contributed by atoms with E-state index in [4.69, 9.17) is 0 Å². The number of nitrogens with one attached hydrogen (secondary N) is 2. The molecular weight excluding hydrogens is 320 g/mol. The van der Waals surface area contributed by atoms with Gasteiger partial charge in [0.2, 0.25) is 17.7 Å². The van der Waals surface area contributed by atoms with Crippen molar-refractivity contribution in [2.45, 2.75) is 57.5 Å². The first-order chi connectivity index (χ1) is 12.1. The summed E-state index contributed by atoms with van der Waals surface area (Å²) in [6.45, 7) is 5.21. The standard InChI is InChI=1S/C18H30N4O3/c1-13(23)22-10-4-7-16(22)18(25)21-9-3-5-14(12-21)11-20-17(24)15-6-2-8-19-15/h14-16,19H,2-12H2,1H3,(H,20,24). The monoisotopic (exact) mass is 350 g/mol. The van der Waals surface area contributed by atoms with Crippen molar-refractivity contribution in [3.63, 3.8) is 0 Å². The number of rotatable bonds is 4. The zero-order chi connectivity index (χ0) is 17.8. The fraction of sp³-hybridized carbons (Fsp3) is 0.833. The third kappa shape index (κ3) is 4.32. The molecule has 25 heavy (non-hydrogen) atoms. The minimum Gasteiger partial charge on any atom is -0.354 e. The van der Waals surface area contributed by atoms with Crippen molar-refractivity contribution in [2.24, 2.45) is 5.92 Å². The molecule has 3 rings (SSSR count). The first kappa shape index (κ1) is 18.2. The molecule has 0 bridgehead atoms. The molecule has 3 unspecified atom stereocenters. The molecule has 3 amide bonds. The number of carbonyl (C=O) groups excluding carboxylic acids is 3. The summed E-state index contributed by atoms with van der Waals surface area (Å²) >= 11 is 0. The van der Waals surface area contributed by atoms with Gasteiger partial charge in [0.15, 0.2) is 0 Å². The van der Waals surface area contributed by atoms with E-state index in [1.54, 1.807) is 4.90 Å². The van der Waals surface area contributed by atoms with Crippen molar-refractivity contribution < 1.29 is 14.4 Å². The molecule has 0 aliphatic carbocycles. The molecule has 7 nitrogen and oxygen atoms in total. The van der Waals surface area contributed by atoms with Crippen LogP contribution in [0.15, 0.2) is 0 Å². The number of carbonyl (C=O) groups is 3. The maximum atomic E-state index is 12.8. The highest BCUT2D eigenvalue weighted by molar-refractivity contribution is 5.87. The van der Waals surface area contributed by atoms with Crippen LogP contribution in [0, 0.1) is 5.92 Å². The van der Waals surface area contributed by atoms with E-state index >= 15 is 0 Å². The van der Waals surface area contributed by atoms with Crippen LogP contribution in [0.4, 0.5) is 0 Å². The molecule has 0 aromatic carbocycles. The lowest BCUT2D eigenvalue weighted by atomic mass is 9.97. The predicted octanol–water partition coefficient (Wildman–Crippen LogP) is 0.104. The third-order valence-corrected chi connectivity index (χ3v) is 5.71. The highest BCUT2D eigenvalue weighted by Crippen LogP contribution is 2.23. The van der Waals surface area contributed by atoms with Crippen molar-refractivity contribution >= 4 is 17.7 Å². The average molecular weight is 350 g/mol. The predicted molar refractivity (Wildman–Crippen MR) is 93.7 cm³/mol. The largest absolute Gasteiger partial charge is 0.354 e. The lowest BCUT2D eigenvalue weighted by molar-refractivity contribution is -0.144. The fourth-order valence-corrected chi connectivity index (χ4v) is 4.32. The summed E-state index contributed by atoms with van der Waals surface area (Å²) in [5.74, 6) is 0.455. The highest BCUT2D eigenvalue weighted by atomic mass is 16.2. The van der Waals surface area contributed by atoms with Crippen LogP contribution in [0.5, 0.6) is 0 Å². The summed E-state index contributed by atoms with van der Waals surface area (Å²) in [6, 6.07) is -0.336. The zero-order valence-corrected chi connectivity index (χ0v) is 15.1.